The van der Waals surface area contributed by atoms with Crippen molar-refractivity contribution in [2.75, 3.05) is 37.4 Å². The molecule has 0 spiro atoms. The summed E-state index contributed by atoms with van der Waals surface area (Å²) in [4.78, 5) is 17.9. The first-order valence-electron chi connectivity index (χ1n) is 10.5. The lowest BCUT2D eigenvalue weighted by atomic mass is 10.1. The Labute approximate surface area is 190 Å². The number of allylic oxidation sites excluding steroid dienone is 1. The van der Waals surface area contributed by atoms with Crippen molar-refractivity contribution >= 4 is 23.1 Å². The van der Waals surface area contributed by atoms with Crippen molar-refractivity contribution < 1.29 is 18.0 Å². The van der Waals surface area contributed by atoms with Crippen molar-refractivity contribution in [3.05, 3.63) is 71.7 Å². The molecule has 0 aliphatic heterocycles. The van der Waals surface area contributed by atoms with E-state index in [9.17, 15) is 18.0 Å². The summed E-state index contributed by atoms with van der Waals surface area (Å²) in [5.74, 6) is 0.278. The number of halogens is 3. The van der Waals surface area contributed by atoms with Crippen LogP contribution in [0.3, 0.4) is 0 Å². The molecule has 2 heterocycles. The van der Waals surface area contributed by atoms with Crippen LogP contribution in [0.4, 0.5) is 24.7 Å². The molecule has 1 amide bonds. The molecule has 3 aromatic rings. The lowest BCUT2D eigenvalue weighted by molar-refractivity contribution is -0.140. The van der Waals surface area contributed by atoms with Crippen LogP contribution < -0.4 is 21.3 Å². The monoisotopic (exact) mass is 460 g/mol. The molecule has 0 fully saturated rings. The minimum Gasteiger partial charge on any atom is -0.378 e. The number of amides is 1. The lowest BCUT2D eigenvalue weighted by Crippen LogP contribution is -2.24. The van der Waals surface area contributed by atoms with E-state index < -0.39 is 11.9 Å². The highest BCUT2D eigenvalue weighted by molar-refractivity contribution is 5.94. The zero-order valence-electron chi connectivity index (χ0n) is 18.5. The summed E-state index contributed by atoms with van der Waals surface area (Å²) in [6.07, 6.45) is -0.631. The molecule has 2 aromatic heterocycles. The van der Waals surface area contributed by atoms with Gasteiger partial charge in [0.25, 0.3) is 5.91 Å². The molecule has 4 N–H and O–H groups in total. The molecule has 7 nitrogen and oxygen atoms in total. The third-order valence-corrected chi connectivity index (χ3v) is 4.99. The van der Waals surface area contributed by atoms with E-state index in [1.165, 1.54) is 10.5 Å². The smallest absolute Gasteiger partial charge is 0.378 e. The van der Waals surface area contributed by atoms with E-state index in [-0.39, 0.29) is 18.1 Å². The largest absolute Gasteiger partial charge is 0.434 e. The molecule has 10 heteroatoms. The highest BCUT2D eigenvalue weighted by Crippen LogP contribution is 2.29. The van der Waals surface area contributed by atoms with Crippen LogP contribution >= 0.6 is 0 Å². The van der Waals surface area contributed by atoms with E-state index in [0.29, 0.717) is 30.8 Å². The molecule has 3 rings (SSSR count). The Kier molecular flexibility index (Phi) is 7.59. The number of nitrogens with zero attached hydrogens (tertiary/aromatic N) is 3. The third kappa shape index (κ3) is 6.26. The lowest BCUT2D eigenvalue weighted by Gasteiger charge is -2.14. The summed E-state index contributed by atoms with van der Waals surface area (Å²) in [6.45, 7) is 0.700. The fourth-order valence-corrected chi connectivity index (χ4v) is 3.27. The van der Waals surface area contributed by atoms with Gasteiger partial charge in [-0.3, -0.25) is 9.20 Å². The second-order valence-corrected chi connectivity index (χ2v) is 7.65. The number of anilines is 2. The summed E-state index contributed by atoms with van der Waals surface area (Å²) in [5.41, 5.74) is 7.22. The van der Waals surface area contributed by atoms with Crippen LogP contribution in [0, 0.1) is 0 Å². The fraction of sp³-hybridized carbons (Fsp3) is 0.304. The van der Waals surface area contributed by atoms with Gasteiger partial charge in [-0.25, -0.2) is 4.98 Å². The maximum Gasteiger partial charge on any atom is 0.434 e. The molecular formula is C23H27F3N6O. The summed E-state index contributed by atoms with van der Waals surface area (Å²) in [7, 11) is 3.86. The normalized spacial score (nSPS) is 12.1. The van der Waals surface area contributed by atoms with E-state index in [1.807, 2.05) is 31.1 Å². The van der Waals surface area contributed by atoms with Gasteiger partial charge in [0.1, 0.15) is 11.5 Å². The van der Waals surface area contributed by atoms with Crippen LogP contribution in [0.1, 0.15) is 28.9 Å². The number of nitrogens with one attached hydrogen (secondary N) is 2. The van der Waals surface area contributed by atoms with Crippen LogP contribution in [0.25, 0.3) is 5.65 Å². The third-order valence-electron chi connectivity index (χ3n) is 4.99. The Bertz CT molecular complexity index is 1120. The average Bonchev–Trinajstić information content (AvgIpc) is 3.23. The molecule has 0 radical (unpaired) electrons. The molecule has 0 saturated carbocycles. The Morgan fingerprint density at radius 2 is 1.91 bits per heavy atom. The molecule has 33 heavy (non-hydrogen) atoms. The topological polar surface area (TPSA) is 87.7 Å². The van der Waals surface area contributed by atoms with Gasteiger partial charge in [-0.05, 0) is 49.2 Å². The zero-order chi connectivity index (χ0) is 24.0. The number of nitrogens with two attached hydrogens (primary N) is 1. The zero-order valence-corrected chi connectivity index (χ0v) is 18.5. The van der Waals surface area contributed by atoms with E-state index >= 15 is 0 Å². The van der Waals surface area contributed by atoms with Gasteiger partial charge in [-0.15, -0.1) is 0 Å². The average molecular weight is 461 g/mol. The number of pyridine rings is 1. The SMILES string of the molecule is CN(C)c1ccc(C(=O)NCCC/C(=C\CN)Nc2cccc3nc(C(F)(F)F)cn23)cc1. The van der Waals surface area contributed by atoms with E-state index in [2.05, 4.69) is 15.6 Å². The number of carbonyl (C=O) groups is 1. The quantitative estimate of drug-likeness (QED) is 0.422. The number of benzene rings is 1. The van der Waals surface area contributed by atoms with Gasteiger partial charge in [0.2, 0.25) is 0 Å². The number of imidazole rings is 1. The maximum absolute atomic E-state index is 13.0. The number of alkyl halides is 3. The number of hydrogen-bond acceptors (Lipinski definition) is 5. The maximum atomic E-state index is 13.0. The van der Waals surface area contributed by atoms with Crippen LogP contribution in [-0.2, 0) is 6.18 Å². The van der Waals surface area contributed by atoms with Gasteiger partial charge in [-0.2, -0.15) is 13.2 Å². The first kappa shape index (κ1) is 24.1. The number of carbonyl (C=O) groups excluding carboxylic acids is 1. The van der Waals surface area contributed by atoms with Crippen LogP contribution in [0.15, 0.2) is 60.4 Å². The van der Waals surface area contributed by atoms with Gasteiger partial charge in [0.05, 0.1) is 0 Å². The number of aromatic nitrogens is 2. The van der Waals surface area contributed by atoms with Gasteiger partial charge in [0.15, 0.2) is 5.69 Å². The minimum atomic E-state index is -4.52. The van der Waals surface area contributed by atoms with Crippen molar-refractivity contribution in [1.82, 2.24) is 14.7 Å². The Hall–Kier alpha value is -3.53. The summed E-state index contributed by atoms with van der Waals surface area (Å²) >= 11 is 0. The molecule has 0 aliphatic rings. The molecule has 0 aliphatic carbocycles. The summed E-state index contributed by atoms with van der Waals surface area (Å²) in [5, 5.41) is 6.02. The number of hydrogen-bond donors (Lipinski definition) is 3. The fourth-order valence-electron chi connectivity index (χ4n) is 3.27. The van der Waals surface area contributed by atoms with Crippen molar-refractivity contribution in [3.63, 3.8) is 0 Å². The van der Waals surface area contributed by atoms with Crippen molar-refractivity contribution in [1.29, 1.82) is 0 Å². The molecule has 0 unspecified atom stereocenters. The van der Waals surface area contributed by atoms with Crippen LogP contribution in [0.5, 0.6) is 0 Å². The predicted molar refractivity (Wildman–Crippen MR) is 123 cm³/mol. The van der Waals surface area contributed by atoms with E-state index in [1.54, 1.807) is 30.3 Å². The molecular weight excluding hydrogens is 433 g/mol. The summed E-state index contributed by atoms with van der Waals surface area (Å²) < 4.78 is 40.4. The number of rotatable bonds is 9. The number of fused-ring (bicyclic) bond motifs is 1. The van der Waals surface area contributed by atoms with Crippen LogP contribution in [-0.4, -0.2) is 42.5 Å². The Morgan fingerprint density at radius 1 is 1.18 bits per heavy atom. The van der Waals surface area contributed by atoms with Crippen LogP contribution in [0.2, 0.25) is 0 Å². The van der Waals surface area contributed by atoms with Crippen molar-refractivity contribution in [3.8, 4) is 0 Å². The highest BCUT2D eigenvalue weighted by atomic mass is 19.4. The second-order valence-electron chi connectivity index (χ2n) is 7.65. The second kappa shape index (κ2) is 10.4. The van der Waals surface area contributed by atoms with Gasteiger partial charge in [0, 0.05) is 50.3 Å². The molecule has 0 bridgehead atoms. The van der Waals surface area contributed by atoms with Gasteiger partial charge < -0.3 is 21.3 Å². The standard InChI is InChI=1S/C23H27F3N6O/c1-31(2)18-10-8-16(9-11-18)22(33)28-14-4-5-17(12-13-27)29-20-6-3-7-21-30-19(15-32(20)21)23(24,25)26/h3,6-12,15,29H,4-5,13-14,27H2,1-2H3,(H,28,33)/b17-12+. The van der Waals surface area contributed by atoms with E-state index in [4.69, 9.17) is 5.73 Å². The molecule has 0 saturated heterocycles. The Balaban J connectivity index is 1.59. The molecule has 0 atom stereocenters. The highest BCUT2D eigenvalue weighted by Gasteiger charge is 2.34. The van der Waals surface area contributed by atoms with E-state index in [0.717, 1.165) is 17.6 Å². The molecule has 1 aromatic carbocycles. The predicted octanol–water partition coefficient (Wildman–Crippen LogP) is 3.88. The van der Waals surface area contributed by atoms with Gasteiger partial charge >= 0.3 is 6.18 Å². The molecule has 176 valence electrons. The van der Waals surface area contributed by atoms with Crippen molar-refractivity contribution in [2.24, 2.45) is 5.73 Å². The summed E-state index contributed by atoms with van der Waals surface area (Å²) in [6, 6.07) is 12.1. The minimum absolute atomic E-state index is 0.166. The Morgan fingerprint density at radius 3 is 2.55 bits per heavy atom. The van der Waals surface area contributed by atoms with Crippen molar-refractivity contribution in [2.45, 2.75) is 19.0 Å². The van der Waals surface area contributed by atoms with Gasteiger partial charge in [-0.1, -0.05) is 12.1 Å². The first-order valence-corrected chi connectivity index (χ1v) is 10.5. The first-order chi connectivity index (χ1) is 15.7.